The van der Waals surface area contributed by atoms with Crippen molar-refractivity contribution in [2.75, 3.05) is 10.6 Å². The number of nitrogens with one attached hydrogen (secondary N) is 2. The zero-order chi connectivity index (χ0) is 16.3. The third-order valence-electron chi connectivity index (χ3n) is 3.93. The molecule has 116 valence electrons. The van der Waals surface area contributed by atoms with E-state index in [0.29, 0.717) is 17.8 Å². The molecule has 5 nitrogen and oxygen atoms in total. The van der Waals surface area contributed by atoms with Crippen LogP contribution in [0, 0.1) is 5.41 Å². The van der Waals surface area contributed by atoms with E-state index in [0.717, 1.165) is 0 Å². The lowest BCUT2D eigenvalue weighted by molar-refractivity contribution is -0.126. The Hall–Kier alpha value is -1.88. The minimum Gasteiger partial charge on any atom is -0.326 e. The van der Waals surface area contributed by atoms with Gasteiger partial charge in [0.25, 0.3) is 0 Å². The average molecular weight is 291 g/mol. The third-order valence-corrected chi connectivity index (χ3v) is 3.93. The Morgan fingerprint density at radius 2 is 1.43 bits per heavy atom. The molecule has 1 rings (SSSR count). The molecule has 0 saturated heterocycles. The standard InChI is InChI=1S/C16H25N3O2/c1-6-13(20)18-11-7-9-12(10-8-11)19-14(21)15(2,3)16(4,5)17/h7-10H,6,17H2,1-5H3,(H,18,20)(H,19,21). The molecule has 0 aliphatic carbocycles. The van der Waals surface area contributed by atoms with E-state index in [1.807, 2.05) is 27.7 Å². The van der Waals surface area contributed by atoms with E-state index in [2.05, 4.69) is 10.6 Å². The molecule has 0 aromatic heterocycles. The number of rotatable bonds is 5. The lowest BCUT2D eigenvalue weighted by Gasteiger charge is -2.36. The summed E-state index contributed by atoms with van der Waals surface area (Å²) in [6.45, 7) is 9.09. The second kappa shape index (κ2) is 6.26. The van der Waals surface area contributed by atoms with Crippen LogP contribution >= 0.6 is 0 Å². The first-order valence-electron chi connectivity index (χ1n) is 7.08. The van der Waals surface area contributed by atoms with Crippen molar-refractivity contribution in [1.29, 1.82) is 0 Å². The molecule has 0 fully saturated rings. The maximum atomic E-state index is 12.3. The molecule has 21 heavy (non-hydrogen) atoms. The Morgan fingerprint density at radius 1 is 1.00 bits per heavy atom. The summed E-state index contributed by atoms with van der Waals surface area (Å²) >= 11 is 0. The van der Waals surface area contributed by atoms with Crippen LogP contribution in [-0.4, -0.2) is 17.4 Å². The van der Waals surface area contributed by atoms with Crippen LogP contribution in [0.1, 0.15) is 41.0 Å². The van der Waals surface area contributed by atoms with Gasteiger partial charge < -0.3 is 16.4 Å². The number of hydrogen-bond donors (Lipinski definition) is 3. The van der Waals surface area contributed by atoms with Crippen molar-refractivity contribution in [3.05, 3.63) is 24.3 Å². The Balaban J connectivity index is 2.76. The lowest BCUT2D eigenvalue weighted by atomic mass is 9.74. The molecule has 0 aliphatic rings. The monoisotopic (exact) mass is 291 g/mol. The normalized spacial score (nSPS) is 11.9. The van der Waals surface area contributed by atoms with Crippen LogP contribution in [-0.2, 0) is 9.59 Å². The number of nitrogens with two attached hydrogens (primary N) is 1. The second-order valence-corrected chi connectivity index (χ2v) is 6.28. The summed E-state index contributed by atoms with van der Waals surface area (Å²) in [4.78, 5) is 23.6. The summed E-state index contributed by atoms with van der Waals surface area (Å²) in [6, 6.07) is 7.01. The van der Waals surface area contributed by atoms with E-state index in [9.17, 15) is 9.59 Å². The Kier molecular flexibility index (Phi) is 5.12. The predicted octanol–water partition coefficient (Wildman–Crippen LogP) is 2.74. The fraction of sp³-hybridized carbons (Fsp3) is 0.500. The van der Waals surface area contributed by atoms with E-state index in [1.54, 1.807) is 31.2 Å². The van der Waals surface area contributed by atoms with Crippen molar-refractivity contribution >= 4 is 23.2 Å². The van der Waals surface area contributed by atoms with Gasteiger partial charge in [-0.1, -0.05) is 6.92 Å². The molecule has 0 spiro atoms. The van der Waals surface area contributed by atoms with Crippen molar-refractivity contribution in [3.63, 3.8) is 0 Å². The van der Waals surface area contributed by atoms with Gasteiger partial charge in [0.05, 0.1) is 5.41 Å². The summed E-state index contributed by atoms with van der Waals surface area (Å²) in [6.07, 6.45) is 0.429. The minimum absolute atomic E-state index is 0.0437. The zero-order valence-electron chi connectivity index (χ0n) is 13.4. The highest BCUT2D eigenvalue weighted by atomic mass is 16.2. The van der Waals surface area contributed by atoms with Crippen LogP contribution < -0.4 is 16.4 Å². The van der Waals surface area contributed by atoms with Gasteiger partial charge in [-0.05, 0) is 52.0 Å². The van der Waals surface area contributed by atoms with E-state index in [-0.39, 0.29) is 11.8 Å². The van der Waals surface area contributed by atoms with Gasteiger partial charge in [-0.25, -0.2) is 0 Å². The van der Waals surface area contributed by atoms with Gasteiger partial charge >= 0.3 is 0 Å². The van der Waals surface area contributed by atoms with E-state index in [1.165, 1.54) is 0 Å². The predicted molar refractivity (Wildman–Crippen MR) is 86.0 cm³/mol. The molecule has 0 atom stereocenters. The second-order valence-electron chi connectivity index (χ2n) is 6.28. The van der Waals surface area contributed by atoms with E-state index in [4.69, 9.17) is 5.73 Å². The molecular weight excluding hydrogens is 266 g/mol. The first-order chi connectivity index (χ1) is 9.57. The number of carbonyl (C=O) groups excluding carboxylic acids is 2. The molecule has 0 saturated carbocycles. The average Bonchev–Trinajstić information content (AvgIpc) is 2.39. The SMILES string of the molecule is CCC(=O)Nc1ccc(NC(=O)C(C)(C)C(C)(C)N)cc1. The van der Waals surface area contributed by atoms with Crippen molar-refractivity contribution in [2.45, 2.75) is 46.6 Å². The highest BCUT2D eigenvalue weighted by Crippen LogP contribution is 2.30. The van der Waals surface area contributed by atoms with Crippen LogP contribution in [0.25, 0.3) is 0 Å². The van der Waals surface area contributed by atoms with Crippen molar-refractivity contribution in [3.8, 4) is 0 Å². The maximum Gasteiger partial charge on any atom is 0.231 e. The summed E-state index contributed by atoms with van der Waals surface area (Å²) < 4.78 is 0. The van der Waals surface area contributed by atoms with Crippen LogP contribution in [0.4, 0.5) is 11.4 Å². The van der Waals surface area contributed by atoms with Crippen molar-refractivity contribution < 1.29 is 9.59 Å². The van der Waals surface area contributed by atoms with Gasteiger partial charge in [-0.2, -0.15) is 0 Å². The highest BCUT2D eigenvalue weighted by Gasteiger charge is 2.40. The number of anilines is 2. The fourth-order valence-corrected chi connectivity index (χ4v) is 1.47. The largest absolute Gasteiger partial charge is 0.326 e. The molecular formula is C16H25N3O2. The summed E-state index contributed by atoms with van der Waals surface area (Å²) in [5, 5.41) is 5.61. The van der Waals surface area contributed by atoms with Crippen LogP contribution in [0.3, 0.4) is 0 Å². The van der Waals surface area contributed by atoms with Crippen molar-refractivity contribution in [2.24, 2.45) is 11.1 Å². The Bertz CT molecular complexity index is 513. The summed E-state index contributed by atoms with van der Waals surface area (Å²) in [7, 11) is 0. The first-order valence-corrected chi connectivity index (χ1v) is 7.08. The molecule has 5 heteroatoms. The molecule has 0 heterocycles. The van der Waals surface area contributed by atoms with Gasteiger partial charge in [-0.15, -0.1) is 0 Å². The summed E-state index contributed by atoms with van der Waals surface area (Å²) in [5.74, 6) is -0.182. The van der Waals surface area contributed by atoms with E-state index >= 15 is 0 Å². The zero-order valence-corrected chi connectivity index (χ0v) is 13.4. The minimum atomic E-state index is -0.706. The van der Waals surface area contributed by atoms with Gasteiger partial charge in [0.15, 0.2) is 0 Å². The Morgan fingerprint density at radius 3 is 1.81 bits per heavy atom. The van der Waals surface area contributed by atoms with Gasteiger partial charge in [-0.3, -0.25) is 9.59 Å². The highest BCUT2D eigenvalue weighted by molar-refractivity contribution is 5.96. The topological polar surface area (TPSA) is 84.2 Å². The van der Waals surface area contributed by atoms with Gasteiger partial charge in [0.1, 0.15) is 0 Å². The number of amides is 2. The van der Waals surface area contributed by atoms with Gasteiger partial charge in [0, 0.05) is 23.3 Å². The number of benzene rings is 1. The van der Waals surface area contributed by atoms with Crippen molar-refractivity contribution in [1.82, 2.24) is 0 Å². The molecule has 0 bridgehead atoms. The quantitative estimate of drug-likeness (QED) is 0.780. The number of hydrogen-bond acceptors (Lipinski definition) is 3. The molecule has 0 radical (unpaired) electrons. The fourth-order valence-electron chi connectivity index (χ4n) is 1.47. The number of carbonyl (C=O) groups is 2. The third kappa shape index (κ3) is 4.29. The molecule has 1 aromatic carbocycles. The molecule has 2 amide bonds. The Labute approximate surface area is 126 Å². The van der Waals surface area contributed by atoms with Crippen LogP contribution in [0.2, 0.25) is 0 Å². The van der Waals surface area contributed by atoms with Crippen LogP contribution in [0.5, 0.6) is 0 Å². The smallest absolute Gasteiger partial charge is 0.231 e. The van der Waals surface area contributed by atoms with Gasteiger partial charge in [0.2, 0.25) is 11.8 Å². The lowest BCUT2D eigenvalue weighted by Crippen LogP contribution is -2.53. The summed E-state index contributed by atoms with van der Waals surface area (Å²) in [5.41, 5.74) is 6.09. The van der Waals surface area contributed by atoms with E-state index < -0.39 is 11.0 Å². The molecule has 0 unspecified atom stereocenters. The molecule has 0 aliphatic heterocycles. The maximum absolute atomic E-state index is 12.3. The molecule has 1 aromatic rings. The van der Waals surface area contributed by atoms with Crippen LogP contribution in [0.15, 0.2) is 24.3 Å². The first kappa shape index (κ1) is 17.2. The molecule has 4 N–H and O–H groups in total.